The van der Waals surface area contributed by atoms with Gasteiger partial charge in [-0.05, 0) is 55.0 Å². The smallest absolute Gasteiger partial charge is 0.294 e. The summed E-state index contributed by atoms with van der Waals surface area (Å²) >= 11 is 3.41. The lowest BCUT2D eigenvalue weighted by Crippen LogP contribution is -2.31. The predicted octanol–water partition coefficient (Wildman–Crippen LogP) is 5.68. The van der Waals surface area contributed by atoms with Crippen LogP contribution in [0.2, 0.25) is 0 Å². The summed E-state index contributed by atoms with van der Waals surface area (Å²) < 4.78 is 6.61. The number of carbonyl (C=O) groups is 2. The number of aromatic nitrogens is 1. The highest BCUT2D eigenvalue weighted by Gasteiger charge is 2.45. The first kappa shape index (κ1) is 20.2. The third kappa shape index (κ3) is 3.31. The molecule has 1 atom stereocenters. The van der Waals surface area contributed by atoms with Crippen LogP contribution in [0.3, 0.4) is 0 Å². The molecular weight excluding hydrogens is 472 g/mol. The van der Waals surface area contributed by atoms with Gasteiger partial charge in [-0.2, -0.15) is 0 Å². The molecule has 1 N–H and O–H groups in total. The summed E-state index contributed by atoms with van der Waals surface area (Å²) in [7, 11) is 0. The number of rotatable bonds is 4. The summed E-state index contributed by atoms with van der Waals surface area (Å²) in [5, 5.41) is 11.6. The summed E-state index contributed by atoms with van der Waals surface area (Å²) in [6.07, 6.45) is 3.19. The minimum Gasteiger partial charge on any atom is -0.503 e. The molecule has 0 radical (unpaired) electrons. The topological polar surface area (TPSA) is 83.6 Å². The van der Waals surface area contributed by atoms with Crippen molar-refractivity contribution in [1.29, 1.82) is 0 Å². The number of aryl methyl sites for hydroxylation is 1. The molecule has 1 aliphatic rings. The normalized spacial score (nSPS) is 16.2. The summed E-state index contributed by atoms with van der Waals surface area (Å²) in [4.78, 5) is 32.3. The highest BCUT2D eigenvalue weighted by Crippen LogP contribution is 2.42. The second-order valence-electron chi connectivity index (χ2n) is 7.58. The molecule has 4 aromatic rings. The zero-order valence-electron chi connectivity index (χ0n) is 16.9. The zero-order valence-corrected chi connectivity index (χ0v) is 18.5. The van der Waals surface area contributed by atoms with Crippen LogP contribution in [-0.4, -0.2) is 21.8 Å². The fraction of sp³-hybridized carbons (Fsp3) is 0.0800. The Morgan fingerprint density at radius 1 is 1.12 bits per heavy atom. The lowest BCUT2D eigenvalue weighted by molar-refractivity contribution is -0.117. The van der Waals surface area contributed by atoms with Gasteiger partial charge in [0.1, 0.15) is 5.58 Å². The standard InChI is InChI=1S/C25H17BrN2O4/c1-14-4-7-18(8-5-14)28-22(15-3-2-10-27-13-15)21(24(30)25(28)31)23(29)20-12-16-11-17(26)6-9-19(16)32-20/h2-13,22,30H,1H3. The number of anilines is 1. The largest absolute Gasteiger partial charge is 0.503 e. The molecule has 1 unspecified atom stereocenters. The van der Waals surface area contributed by atoms with Crippen molar-refractivity contribution in [2.24, 2.45) is 0 Å². The fourth-order valence-corrected chi connectivity index (χ4v) is 4.30. The Balaban J connectivity index is 1.65. The molecule has 32 heavy (non-hydrogen) atoms. The molecule has 1 aliphatic heterocycles. The van der Waals surface area contributed by atoms with Gasteiger partial charge in [0.05, 0.1) is 11.6 Å². The third-order valence-corrected chi connectivity index (χ3v) is 5.96. The molecule has 0 spiro atoms. The van der Waals surface area contributed by atoms with Crippen molar-refractivity contribution in [1.82, 2.24) is 4.98 Å². The van der Waals surface area contributed by atoms with E-state index in [2.05, 4.69) is 20.9 Å². The van der Waals surface area contributed by atoms with Crippen LogP contribution in [0.1, 0.15) is 27.7 Å². The van der Waals surface area contributed by atoms with E-state index in [1.165, 1.54) is 4.90 Å². The van der Waals surface area contributed by atoms with E-state index in [-0.39, 0.29) is 11.3 Å². The summed E-state index contributed by atoms with van der Waals surface area (Å²) in [6.45, 7) is 1.94. The molecule has 2 aromatic carbocycles. The van der Waals surface area contributed by atoms with Crippen molar-refractivity contribution in [2.75, 3.05) is 4.90 Å². The molecule has 5 rings (SSSR count). The van der Waals surface area contributed by atoms with Crippen molar-refractivity contribution in [3.05, 3.63) is 106 Å². The van der Waals surface area contributed by atoms with E-state index in [9.17, 15) is 14.7 Å². The SMILES string of the molecule is Cc1ccc(N2C(=O)C(O)=C(C(=O)c3cc4cc(Br)ccc4o3)C2c2cccnc2)cc1. The molecule has 0 aliphatic carbocycles. The molecule has 158 valence electrons. The van der Waals surface area contributed by atoms with Crippen molar-refractivity contribution in [3.8, 4) is 0 Å². The number of amides is 1. The zero-order chi connectivity index (χ0) is 22.4. The number of furan rings is 1. The van der Waals surface area contributed by atoms with Crippen molar-refractivity contribution >= 4 is 44.3 Å². The van der Waals surface area contributed by atoms with Crippen LogP contribution in [0.5, 0.6) is 0 Å². The minimum absolute atomic E-state index is 0.0401. The maximum atomic E-state index is 13.5. The van der Waals surface area contributed by atoms with E-state index < -0.39 is 23.5 Å². The van der Waals surface area contributed by atoms with E-state index in [0.29, 0.717) is 16.8 Å². The van der Waals surface area contributed by atoms with E-state index >= 15 is 0 Å². The molecule has 0 fully saturated rings. The van der Waals surface area contributed by atoms with Gasteiger partial charge >= 0.3 is 0 Å². The minimum atomic E-state index is -0.841. The van der Waals surface area contributed by atoms with Crippen molar-refractivity contribution in [2.45, 2.75) is 13.0 Å². The number of fused-ring (bicyclic) bond motifs is 1. The van der Waals surface area contributed by atoms with E-state index in [1.54, 1.807) is 48.8 Å². The average Bonchev–Trinajstić information content (AvgIpc) is 3.33. The van der Waals surface area contributed by atoms with Crippen LogP contribution >= 0.6 is 15.9 Å². The van der Waals surface area contributed by atoms with E-state index in [0.717, 1.165) is 15.4 Å². The highest BCUT2D eigenvalue weighted by molar-refractivity contribution is 9.10. The number of benzene rings is 2. The Labute approximate surface area is 191 Å². The van der Waals surface area contributed by atoms with E-state index in [1.807, 2.05) is 31.2 Å². The number of halogens is 1. The molecule has 6 nitrogen and oxygen atoms in total. The van der Waals surface area contributed by atoms with Gasteiger partial charge in [-0.3, -0.25) is 19.5 Å². The first-order valence-corrected chi connectivity index (χ1v) is 10.7. The van der Waals surface area contributed by atoms with Gasteiger partial charge in [-0.25, -0.2) is 0 Å². The molecule has 1 amide bonds. The lowest BCUT2D eigenvalue weighted by atomic mass is 9.96. The van der Waals surface area contributed by atoms with Gasteiger partial charge in [-0.1, -0.05) is 39.7 Å². The van der Waals surface area contributed by atoms with Crippen LogP contribution in [0.25, 0.3) is 11.0 Å². The first-order valence-electron chi connectivity index (χ1n) is 9.91. The fourth-order valence-electron chi connectivity index (χ4n) is 3.92. The van der Waals surface area contributed by atoms with Gasteiger partial charge in [0.25, 0.3) is 5.91 Å². The average molecular weight is 489 g/mol. The molecule has 3 heterocycles. The highest BCUT2D eigenvalue weighted by atomic mass is 79.9. The Morgan fingerprint density at radius 2 is 1.91 bits per heavy atom. The number of Topliss-reactive ketones (excluding diaryl/α,β-unsaturated/α-hetero) is 1. The Morgan fingerprint density at radius 3 is 2.62 bits per heavy atom. The van der Waals surface area contributed by atoms with Gasteiger partial charge in [0.2, 0.25) is 5.78 Å². The Hall–Kier alpha value is -3.71. The molecule has 0 saturated heterocycles. The number of aliphatic hydroxyl groups excluding tert-OH is 1. The molecular formula is C25H17BrN2O4. The number of ketones is 1. The lowest BCUT2D eigenvalue weighted by Gasteiger charge is -2.26. The van der Waals surface area contributed by atoms with Crippen LogP contribution in [0, 0.1) is 6.92 Å². The van der Waals surface area contributed by atoms with Gasteiger partial charge in [-0.15, -0.1) is 0 Å². The molecule has 2 aromatic heterocycles. The van der Waals surface area contributed by atoms with Gasteiger partial charge in [0.15, 0.2) is 11.5 Å². The monoisotopic (exact) mass is 488 g/mol. The molecule has 0 saturated carbocycles. The summed E-state index contributed by atoms with van der Waals surface area (Å²) in [5.41, 5.74) is 2.70. The number of pyridine rings is 1. The number of hydrogen-bond donors (Lipinski definition) is 1. The first-order chi connectivity index (χ1) is 15.4. The summed E-state index contributed by atoms with van der Waals surface area (Å²) in [6, 6.07) is 17.0. The van der Waals surface area contributed by atoms with Crippen molar-refractivity contribution in [3.63, 3.8) is 0 Å². The van der Waals surface area contributed by atoms with Crippen LogP contribution < -0.4 is 4.90 Å². The van der Waals surface area contributed by atoms with Gasteiger partial charge < -0.3 is 9.52 Å². The van der Waals surface area contributed by atoms with Crippen molar-refractivity contribution < 1.29 is 19.1 Å². The van der Waals surface area contributed by atoms with Crippen LogP contribution in [-0.2, 0) is 4.79 Å². The second-order valence-corrected chi connectivity index (χ2v) is 8.50. The predicted molar refractivity (Wildman–Crippen MR) is 124 cm³/mol. The second kappa shape index (κ2) is 7.76. The number of carbonyl (C=O) groups excluding carboxylic acids is 2. The van der Waals surface area contributed by atoms with E-state index in [4.69, 9.17) is 4.42 Å². The maximum Gasteiger partial charge on any atom is 0.294 e. The van der Waals surface area contributed by atoms with Gasteiger partial charge in [0, 0.05) is 27.9 Å². The quantitative estimate of drug-likeness (QED) is 0.373. The maximum absolute atomic E-state index is 13.5. The third-order valence-electron chi connectivity index (χ3n) is 5.47. The van der Waals surface area contributed by atoms with Crippen LogP contribution in [0.15, 0.2) is 93.3 Å². The Bertz CT molecular complexity index is 1390. The molecule has 7 heteroatoms. The summed E-state index contributed by atoms with van der Waals surface area (Å²) in [5.74, 6) is -1.74. The number of aliphatic hydroxyl groups is 1. The molecule has 0 bridgehead atoms. The number of nitrogens with zero attached hydrogens (tertiary/aromatic N) is 2. The van der Waals surface area contributed by atoms with Crippen LogP contribution in [0.4, 0.5) is 5.69 Å². The Kier molecular flexibility index (Phi) is 4.90. The number of hydrogen-bond acceptors (Lipinski definition) is 5.